The molecule has 2 saturated heterocycles. The lowest BCUT2D eigenvalue weighted by Crippen LogP contribution is -2.46. The van der Waals surface area contributed by atoms with E-state index in [0.717, 1.165) is 37.0 Å². The Labute approximate surface area is 145 Å². The lowest BCUT2D eigenvalue weighted by atomic mass is 10.0. The maximum atomic E-state index is 12.4. The summed E-state index contributed by atoms with van der Waals surface area (Å²) in [5, 5.41) is 0. The quantitative estimate of drug-likeness (QED) is 0.848. The minimum absolute atomic E-state index is 0.0739. The van der Waals surface area contributed by atoms with Gasteiger partial charge in [0.25, 0.3) is 0 Å². The van der Waals surface area contributed by atoms with E-state index in [1.165, 1.54) is 4.90 Å². The van der Waals surface area contributed by atoms with Gasteiger partial charge in [-0.15, -0.1) is 0 Å². The molecule has 2 aliphatic rings. The highest BCUT2D eigenvalue weighted by Gasteiger charge is 2.42. The number of benzene rings is 1. The average Bonchev–Trinajstić information content (AvgIpc) is 3.10. The monoisotopic (exact) mass is 342 g/mol. The first kappa shape index (κ1) is 16.1. The number of H-pyrrole nitrogens is 1. The summed E-state index contributed by atoms with van der Waals surface area (Å²) >= 11 is 0. The number of hydrogen-bond donors (Lipinski definition) is 1. The number of nitrogens with one attached hydrogen (secondary N) is 1. The van der Waals surface area contributed by atoms with E-state index in [1.807, 2.05) is 35.8 Å². The molecule has 1 aromatic heterocycles. The molecular formula is C18H22N4O3. The number of piperidine rings is 1. The summed E-state index contributed by atoms with van der Waals surface area (Å²) in [4.78, 5) is 43.0. The van der Waals surface area contributed by atoms with Gasteiger partial charge in [0, 0.05) is 25.7 Å². The second-order valence-electron chi connectivity index (χ2n) is 6.78. The standard InChI is InChI=1S/C18H22N4O3/c1-2-21-16(23)11-15(17(21)24)20-9-7-12(8-10-20)22-14-6-4-3-5-13(14)19-18(22)25/h3-6,12,15H,2,7-11H2,1H3,(H,19,25). The normalized spacial score (nSPS) is 23.1. The van der Waals surface area contributed by atoms with Crippen LogP contribution >= 0.6 is 0 Å². The second-order valence-corrected chi connectivity index (χ2v) is 6.78. The zero-order chi connectivity index (χ0) is 17.6. The van der Waals surface area contributed by atoms with E-state index in [2.05, 4.69) is 9.88 Å². The van der Waals surface area contributed by atoms with Crippen LogP contribution in [-0.4, -0.2) is 56.8 Å². The van der Waals surface area contributed by atoms with Crippen molar-refractivity contribution in [1.82, 2.24) is 19.4 Å². The molecule has 7 nitrogen and oxygen atoms in total. The number of carbonyl (C=O) groups is 2. The highest BCUT2D eigenvalue weighted by atomic mass is 16.2. The number of likely N-dealkylation sites (tertiary alicyclic amines) is 2. The largest absolute Gasteiger partial charge is 0.326 e. The van der Waals surface area contributed by atoms with Crippen molar-refractivity contribution in [3.63, 3.8) is 0 Å². The van der Waals surface area contributed by atoms with Gasteiger partial charge in [0.1, 0.15) is 0 Å². The Bertz CT molecular complexity index is 876. The molecule has 2 aliphatic heterocycles. The van der Waals surface area contributed by atoms with Crippen LogP contribution < -0.4 is 5.69 Å². The third-order valence-electron chi connectivity index (χ3n) is 5.47. The first-order chi connectivity index (χ1) is 12.1. The second kappa shape index (κ2) is 6.15. The van der Waals surface area contributed by atoms with Gasteiger partial charge >= 0.3 is 5.69 Å². The molecule has 0 radical (unpaired) electrons. The molecule has 132 valence electrons. The molecule has 1 aromatic carbocycles. The first-order valence-corrected chi connectivity index (χ1v) is 8.87. The number of imidazole rings is 1. The molecule has 25 heavy (non-hydrogen) atoms. The summed E-state index contributed by atoms with van der Waals surface area (Å²) in [5.41, 5.74) is 1.70. The van der Waals surface area contributed by atoms with E-state index in [-0.39, 0.29) is 36.0 Å². The van der Waals surface area contributed by atoms with E-state index in [4.69, 9.17) is 0 Å². The molecule has 1 unspecified atom stereocenters. The van der Waals surface area contributed by atoms with Gasteiger partial charge in [-0.2, -0.15) is 0 Å². The fourth-order valence-electron chi connectivity index (χ4n) is 4.18. The highest BCUT2D eigenvalue weighted by Crippen LogP contribution is 2.28. The minimum Gasteiger partial charge on any atom is -0.306 e. The Balaban J connectivity index is 1.50. The summed E-state index contributed by atoms with van der Waals surface area (Å²) in [6.45, 7) is 3.71. The number of fused-ring (bicyclic) bond motifs is 1. The molecule has 0 spiro atoms. The molecule has 1 N–H and O–H groups in total. The van der Waals surface area contributed by atoms with Crippen molar-refractivity contribution in [2.45, 2.75) is 38.3 Å². The number of aromatic nitrogens is 2. The van der Waals surface area contributed by atoms with E-state index >= 15 is 0 Å². The van der Waals surface area contributed by atoms with Crippen LogP contribution in [0.4, 0.5) is 0 Å². The fraction of sp³-hybridized carbons (Fsp3) is 0.500. The number of nitrogens with zero attached hydrogens (tertiary/aromatic N) is 3. The summed E-state index contributed by atoms with van der Waals surface area (Å²) in [6.07, 6.45) is 1.88. The van der Waals surface area contributed by atoms with Crippen molar-refractivity contribution < 1.29 is 9.59 Å². The maximum Gasteiger partial charge on any atom is 0.326 e. The molecule has 0 aliphatic carbocycles. The van der Waals surface area contributed by atoms with Crippen LogP contribution in [-0.2, 0) is 9.59 Å². The number of imide groups is 1. The summed E-state index contributed by atoms with van der Waals surface area (Å²) in [5.74, 6) is -0.150. The van der Waals surface area contributed by atoms with Gasteiger partial charge in [-0.3, -0.25) is 24.0 Å². The van der Waals surface area contributed by atoms with E-state index in [0.29, 0.717) is 6.54 Å². The first-order valence-electron chi connectivity index (χ1n) is 8.87. The number of rotatable bonds is 3. The molecule has 3 heterocycles. The molecule has 2 aromatic rings. The predicted octanol–water partition coefficient (Wildman–Crippen LogP) is 1.11. The van der Waals surface area contributed by atoms with Crippen LogP contribution in [0, 0.1) is 0 Å². The van der Waals surface area contributed by atoms with Gasteiger partial charge in [0.05, 0.1) is 23.5 Å². The number of likely N-dealkylation sites (N-methyl/N-ethyl adjacent to an activating group) is 1. The van der Waals surface area contributed by atoms with Crippen molar-refractivity contribution in [3.8, 4) is 0 Å². The van der Waals surface area contributed by atoms with Crippen molar-refractivity contribution in [1.29, 1.82) is 0 Å². The Kier molecular flexibility index (Phi) is 3.95. The smallest absolute Gasteiger partial charge is 0.306 e. The van der Waals surface area contributed by atoms with Gasteiger partial charge in [0.2, 0.25) is 11.8 Å². The number of hydrogen-bond acceptors (Lipinski definition) is 4. The Hall–Kier alpha value is -2.41. The molecular weight excluding hydrogens is 320 g/mol. The van der Waals surface area contributed by atoms with Crippen LogP contribution in [0.15, 0.2) is 29.1 Å². The summed E-state index contributed by atoms with van der Waals surface area (Å²) in [7, 11) is 0. The lowest BCUT2D eigenvalue weighted by molar-refractivity contribution is -0.139. The highest BCUT2D eigenvalue weighted by molar-refractivity contribution is 6.05. The Morgan fingerprint density at radius 2 is 1.84 bits per heavy atom. The molecule has 2 amide bonds. The predicted molar refractivity (Wildman–Crippen MR) is 93.2 cm³/mol. The summed E-state index contributed by atoms with van der Waals surface area (Å²) < 4.78 is 1.84. The Morgan fingerprint density at radius 1 is 1.12 bits per heavy atom. The van der Waals surface area contributed by atoms with Crippen molar-refractivity contribution in [2.75, 3.05) is 19.6 Å². The van der Waals surface area contributed by atoms with Crippen LogP contribution in [0.5, 0.6) is 0 Å². The van der Waals surface area contributed by atoms with Gasteiger partial charge < -0.3 is 4.98 Å². The van der Waals surface area contributed by atoms with E-state index in [9.17, 15) is 14.4 Å². The zero-order valence-corrected chi connectivity index (χ0v) is 14.3. The van der Waals surface area contributed by atoms with Crippen molar-refractivity contribution >= 4 is 22.8 Å². The third kappa shape index (κ3) is 2.59. The lowest BCUT2D eigenvalue weighted by Gasteiger charge is -2.35. The van der Waals surface area contributed by atoms with Crippen molar-refractivity contribution in [3.05, 3.63) is 34.7 Å². The van der Waals surface area contributed by atoms with Crippen LogP contribution in [0.25, 0.3) is 11.0 Å². The number of aromatic amines is 1. The van der Waals surface area contributed by atoms with Gasteiger partial charge in [-0.25, -0.2) is 4.79 Å². The topological polar surface area (TPSA) is 78.4 Å². The van der Waals surface area contributed by atoms with E-state index in [1.54, 1.807) is 0 Å². The number of carbonyl (C=O) groups excluding carboxylic acids is 2. The Morgan fingerprint density at radius 3 is 2.52 bits per heavy atom. The molecule has 4 rings (SSSR count). The van der Waals surface area contributed by atoms with Crippen molar-refractivity contribution in [2.24, 2.45) is 0 Å². The van der Waals surface area contributed by atoms with Crippen LogP contribution in [0.2, 0.25) is 0 Å². The molecule has 1 atom stereocenters. The van der Waals surface area contributed by atoms with Gasteiger partial charge in [0.15, 0.2) is 0 Å². The van der Waals surface area contributed by atoms with E-state index < -0.39 is 0 Å². The number of para-hydroxylation sites is 2. The third-order valence-corrected chi connectivity index (χ3v) is 5.47. The molecule has 7 heteroatoms. The van der Waals surface area contributed by atoms with Gasteiger partial charge in [-0.1, -0.05) is 12.1 Å². The SMILES string of the molecule is CCN1C(=O)CC(N2CCC(n3c(=O)[nH]c4ccccc43)CC2)C1=O. The minimum atomic E-state index is -0.326. The van der Waals surface area contributed by atoms with Gasteiger partial charge in [-0.05, 0) is 31.9 Å². The van der Waals surface area contributed by atoms with Crippen LogP contribution in [0.3, 0.4) is 0 Å². The molecule has 2 fully saturated rings. The average molecular weight is 342 g/mol. The number of amides is 2. The molecule has 0 bridgehead atoms. The summed E-state index contributed by atoms with van der Waals surface area (Å²) in [6, 6.07) is 7.50. The molecule has 0 saturated carbocycles. The fourth-order valence-corrected chi connectivity index (χ4v) is 4.18. The van der Waals surface area contributed by atoms with Crippen LogP contribution in [0.1, 0.15) is 32.2 Å². The maximum absolute atomic E-state index is 12.4. The zero-order valence-electron chi connectivity index (χ0n) is 14.3.